The van der Waals surface area contributed by atoms with Crippen LogP contribution < -0.4 is 0 Å². The number of amides is 1. The summed E-state index contributed by atoms with van der Waals surface area (Å²) in [4.78, 5) is 19.0. The maximum atomic E-state index is 13.0. The van der Waals surface area contributed by atoms with E-state index >= 15 is 0 Å². The molecule has 1 amide bonds. The van der Waals surface area contributed by atoms with Crippen LogP contribution in [0.25, 0.3) is 0 Å². The average molecular weight is 388 g/mol. The largest absolute Gasteiger partial charge is 0.342 e. The number of carbonyl (C=O) groups excluding carboxylic acids is 1. The molecule has 1 aliphatic heterocycles. The summed E-state index contributed by atoms with van der Waals surface area (Å²) in [6.45, 7) is 0.880. The highest BCUT2D eigenvalue weighted by molar-refractivity contribution is 7.92. The maximum Gasteiger partial charge on any atom is 0.226 e. The van der Waals surface area contributed by atoms with Gasteiger partial charge in [0, 0.05) is 36.8 Å². The van der Waals surface area contributed by atoms with Gasteiger partial charge < -0.3 is 4.90 Å². The van der Waals surface area contributed by atoms with Crippen molar-refractivity contribution in [3.63, 3.8) is 0 Å². The van der Waals surface area contributed by atoms with Crippen molar-refractivity contribution < 1.29 is 17.6 Å². The summed E-state index contributed by atoms with van der Waals surface area (Å²) in [5.74, 6) is -0.214. The van der Waals surface area contributed by atoms with Crippen LogP contribution >= 0.6 is 0 Å². The number of likely N-dealkylation sites (tertiary alicyclic amines) is 1. The lowest BCUT2D eigenvalue weighted by molar-refractivity contribution is -0.133. The van der Waals surface area contributed by atoms with Gasteiger partial charge in [-0.25, -0.2) is 12.8 Å². The minimum absolute atomic E-state index is 0.0369. The lowest BCUT2D eigenvalue weighted by Crippen LogP contribution is -2.43. The minimum atomic E-state index is -3.50. The Morgan fingerprint density at radius 1 is 1.07 bits per heavy atom. The van der Waals surface area contributed by atoms with E-state index in [1.807, 2.05) is 18.2 Å². The number of hydrogen-bond acceptors (Lipinski definition) is 4. The Hall–Kier alpha value is -2.28. The first kappa shape index (κ1) is 18.1. The quantitative estimate of drug-likeness (QED) is 0.756. The van der Waals surface area contributed by atoms with E-state index in [9.17, 15) is 17.6 Å². The van der Waals surface area contributed by atoms with Crippen LogP contribution in [0.4, 0.5) is 4.39 Å². The summed E-state index contributed by atoms with van der Waals surface area (Å²) in [5, 5.41) is -0.530. The van der Waals surface area contributed by atoms with Gasteiger partial charge in [-0.05, 0) is 55.7 Å². The second-order valence-corrected chi connectivity index (χ2v) is 9.45. The average Bonchev–Trinajstić information content (AvgIpc) is 3.49. The number of benzene rings is 1. The molecule has 7 heteroatoms. The molecule has 2 fully saturated rings. The fourth-order valence-corrected chi connectivity index (χ4v) is 5.56. The normalized spacial score (nSPS) is 23.2. The summed E-state index contributed by atoms with van der Waals surface area (Å²) in [5.41, 5.74) is 0.949. The first-order valence-electron chi connectivity index (χ1n) is 9.16. The van der Waals surface area contributed by atoms with Crippen LogP contribution in [0.5, 0.6) is 0 Å². The summed E-state index contributed by atoms with van der Waals surface area (Å²) >= 11 is 0. The van der Waals surface area contributed by atoms with Crippen LogP contribution in [-0.2, 0) is 14.6 Å². The van der Waals surface area contributed by atoms with Crippen LogP contribution in [0.3, 0.4) is 0 Å². The van der Waals surface area contributed by atoms with Crippen molar-refractivity contribution in [2.75, 3.05) is 13.1 Å². The van der Waals surface area contributed by atoms with Crippen LogP contribution in [-0.4, -0.2) is 42.5 Å². The van der Waals surface area contributed by atoms with Gasteiger partial charge in [-0.2, -0.15) is 0 Å². The molecule has 2 aromatic rings. The van der Waals surface area contributed by atoms with Gasteiger partial charge in [-0.15, -0.1) is 0 Å². The van der Waals surface area contributed by atoms with Crippen LogP contribution in [0.1, 0.15) is 30.9 Å². The summed E-state index contributed by atoms with van der Waals surface area (Å²) in [6.07, 6.45) is 3.36. The maximum absolute atomic E-state index is 13.0. The molecule has 1 aliphatic carbocycles. The van der Waals surface area contributed by atoms with E-state index in [0.717, 1.165) is 24.2 Å². The number of piperidine rings is 1. The number of sulfone groups is 1. The Morgan fingerprint density at radius 2 is 1.78 bits per heavy atom. The number of pyridine rings is 1. The molecule has 0 spiro atoms. The molecule has 1 aromatic carbocycles. The highest BCUT2D eigenvalue weighted by Gasteiger charge is 2.47. The third-order valence-electron chi connectivity index (χ3n) is 5.51. The molecule has 0 unspecified atom stereocenters. The third kappa shape index (κ3) is 3.60. The predicted molar refractivity (Wildman–Crippen MR) is 98.3 cm³/mol. The van der Waals surface area contributed by atoms with Crippen molar-refractivity contribution in [1.82, 2.24) is 9.88 Å². The molecular weight excluding hydrogens is 367 g/mol. The molecule has 4 rings (SSSR count). The standard InChI is InChI=1S/C20H21FN2O3S/c21-14-4-6-15(7-5-14)27(25,26)16-8-11-23(12-9-16)20(24)18-13-17(18)19-3-1-2-10-22-19/h1-7,10,16-18H,8-9,11-13H2/t17-,18-/m1/s1. The van der Waals surface area contributed by atoms with Crippen molar-refractivity contribution in [2.45, 2.75) is 35.3 Å². The molecule has 1 saturated carbocycles. The van der Waals surface area contributed by atoms with Gasteiger partial charge in [0.2, 0.25) is 5.91 Å². The van der Waals surface area contributed by atoms with Crippen LogP contribution in [0.15, 0.2) is 53.6 Å². The molecule has 1 aromatic heterocycles. The second kappa shape index (κ2) is 7.03. The van der Waals surface area contributed by atoms with E-state index in [1.165, 1.54) is 12.1 Å². The zero-order valence-corrected chi connectivity index (χ0v) is 15.6. The third-order valence-corrected chi connectivity index (χ3v) is 7.79. The van der Waals surface area contributed by atoms with Crippen molar-refractivity contribution in [3.8, 4) is 0 Å². The van der Waals surface area contributed by atoms with Crippen molar-refractivity contribution >= 4 is 15.7 Å². The van der Waals surface area contributed by atoms with E-state index in [4.69, 9.17) is 0 Å². The van der Waals surface area contributed by atoms with E-state index < -0.39 is 20.9 Å². The Kier molecular flexibility index (Phi) is 4.72. The first-order valence-corrected chi connectivity index (χ1v) is 10.7. The minimum Gasteiger partial charge on any atom is -0.342 e. The Morgan fingerprint density at radius 3 is 2.41 bits per heavy atom. The molecule has 2 heterocycles. The van der Waals surface area contributed by atoms with Crippen molar-refractivity contribution in [3.05, 3.63) is 60.2 Å². The van der Waals surface area contributed by atoms with Crippen LogP contribution in [0, 0.1) is 11.7 Å². The second-order valence-electron chi connectivity index (χ2n) is 7.23. The van der Waals surface area contributed by atoms with Crippen LogP contribution in [0.2, 0.25) is 0 Å². The summed E-state index contributed by atoms with van der Waals surface area (Å²) in [6, 6.07) is 10.7. The topological polar surface area (TPSA) is 67.3 Å². The number of aromatic nitrogens is 1. The monoisotopic (exact) mass is 388 g/mol. The Bertz CT molecular complexity index is 923. The SMILES string of the molecule is O=C([C@@H]1C[C@H]1c1ccccn1)N1CCC(S(=O)(=O)c2ccc(F)cc2)CC1. The predicted octanol–water partition coefficient (Wildman–Crippen LogP) is 2.79. The fourth-order valence-electron chi connectivity index (χ4n) is 3.83. The van der Waals surface area contributed by atoms with Gasteiger partial charge in [-0.3, -0.25) is 9.78 Å². The van der Waals surface area contributed by atoms with Gasteiger partial charge >= 0.3 is 0 Å². The van der Waals surface area contributed by atoms with Crippen molar-refractivity contribution in [1.29, 1.82) is 0 Å². The molecule has 0 N–H and O–H groups in total. The lowest BCUT2D eigenvalue weighted by Gasteiger charge is -2.32. The number of hydrogen-bond donors (Lipinski definition) is 0. The lowest BCUT2D eigenvalue weighted by atomic mass is 10.1. The highest BCUT2D eigenvalue weighted by atomic mass is 32.2. The molecular formula is C20H21FN2O3S. The number of carbonyl (C=O) groups is 1. The smallest absolute Gasteiger partial charge is 0.226 e. The molecule has 5 nitrogen and oxygen atoms in total. The number of halogens is 1. The van der Waals surface area contributed by atoms with E-state index in [0.29, 0.717) is 25.9 Å². The Balaban J connectivity index is 1.36. The van der Waals surface area contributed by atoms with Gasteiger partial charge in [0.05, 0.1) is 10.1 Å². The molecule has 142 valence electrons. The fraction of sp³-hybridized carbons (Fsp3) is 0.400. The van der Waals surface area contributed by atoms with Gasteiger partial charge in [0.15, 0.2) is 9.84 Å². The van der Waals surface area contributed by atoms with E-state index in [1.54, 1.807) is 11.1 Å². The molecule has 0 radical (unpaired) electrons. The molecule has 27 heavy (non-hydrogen) atoms. The molecule has 0 bridgehead atoms. The van der Waals surface area contributed by atoms with Gasteiger partial charge in [0.1, 0.15) is 5.82 Å². The van der Waals surface area contributed by atoms with Gasteiger partial charge in [-0.1, -0.05) is 6.07 Å². The van der Waals surface area contributed by atoms with Crippen molar-refractivity contribution in [2.24, 2.45) is 5.92 Å². The summed E-state index contributed by atoms with van der Waals surface area (Å²) in [7, 11) is -3.50. The zero-order chi connectivity index (χ0) is 19.0. The molecule has 1 saturated heterocycles. The number of rotatable bonds is 4. The highest BCUT2D eigenvalue weighted by Crippen LogP contribution is 2.48. The molecule has 2 atom stereocenters. The van der Waals surface area contributed by atoms with Gasteiger partial charge in [0.25, 0.3) is 0 Å². The zero-order valence-electron chi connectivity index (χ0n) is 14.8. The first-order chi connectivity index (χ1) is 13.0. The van der Waals surface area contributed by atoms with E-state index in [-0.39, 0.29) is 22.6 Å². The van der Waals surface area contributed by atoms with E-state index in [2.05, 4.69) is 4.98 Å². The molecule has 2 aliphatic rings. The number of nitrogens with zero attached hydrogens (tertiary/aromatic N) is 2. The Labute approximate surface area is 158 Å². The summed E-state index contributed by atoms with van der Waals surface area (Å²) < 4.78 is 38.5.